The molecule has 6 heteroatoms. The van der Waals surface area contributed by atoms with E-state index in [1.807, 2.05) is 32.9 Å². The molecule has 0 bridgehead atoms. The summed E-state index contributed by atoms with van der Waals surface area (Å²) in [6.07, 6.45) is 1.21. The van der Waals surface area contributed by atoms with E-state index in [4.69, 9.17) is 4.74 Å². The van der Waals surface area contributed by atoms with Crippen LogP contribution in [0.2, 0.25) is 0 Å². The van der Waals surface area contributed by atoms with Crippen LogP contribution in [0.4, 0.5) is 4.79 Å². The molecule has 21 heavy (non-hydrogen) atoms. The van der Waals surface area contributed by atoms with Crippen molar-refractivity contribution < 1.29 is 14.6 Å². The molecular formula is C15H24N2O3S. The Morgan fingerprint density at radius 1 is 1.38 bits per heavy atom. The van der Waals surface area contributed by atoms with Crippen molar-refractivity contribution in [1.82, 2.24) is 10.3 Å². The normalized spacial score (nSPS) is 12.1. The van der Waals surface area contributed by atoms with Gasteiger partial charge >= 0.3 is 6.09 Å². The third-order valence-corrected chi connectivity index (χ3v) is 3.76. The third-order valence-electron chi connectivity index (χ3n) is 2.23. The van der Waals surface area contributed by atoms with Gasteiger partial charge in [0.25, 0.3) is 0 Å². The van der Waals surface area contributed by atoms with Crippen LogP contribution in [-0.2, 0) is 11.3 Å². The Kier molecular flexibility index (Phi) is 6.04. The van der Waals surface area contributed by atoms with Crippen LogP contribution in [0.25, 0.3) is 0 Å². The van der Waals surface area contributed by atoms with Crippen molar-refractivity contribution in [3.8, 4) is 0 Å². The lowest BCUT2D eigenvalue weighted by Gasteiger charge is -2.20. The van der Waals surface area contributed by atoms with Gasteiger partial charge in [0.15, 0.2) is 0 Å². The van der Waals surface area contributed by atoms with E-state index in [1.165, 1.54) is 11.8 Å². The first kappa shape index (κ1) is 17.8. The van der Waals surface area contributed by atoms with Gasteiger partial charge in [0, 0.05) is 16.8 Å². The largest absolute Gasteiger partial charge is 0.444 e. The molecule has 118 valence electrons. The predicted octanol–water partition coefficient (Wildman–Crippen LogP) is 2.97. The van der Waals surface area contributed by atoms with Crippen molar-refractivity contribution >= 4 is 17.9 Å². The average molecular weight is 312 g/mol. The molecule has 0 unspecified atom stereocenters. The predicted molar refractivity (Wildman–Crippen MR) is 84.3 cm³/mol. The van der Waals surface area contributed by atoms with Crippen molar-refractivity contribution in [3.05, 3.63) is 24.0 Å². The maximum Gasteiger partial charge on any atom is 0.407 e. The van der Waals surface area contributed by atoms with Gasteiger partial charge in [-0.25, -0.2) is 4.79 Å². The van der Waals surface area contributed by atoms with Gasteiger partial charge < -0.3 is 15.2 Å². The topological polar surface area (TPSA) is 71.5 Å². The molecule has 1 amide bonds. The van der Waals surface area contributed by atoms with Crippen molar-refractivity contribution in [2.24, 2.45) is 0 Å². The summed E-state index contributed by atoms with van der Waals surface area (Å²) in [7, 11) is 0. The summed E-state index contributed by atoms with van der Waals surface area (Å²) in [6.45, 7) is 9.27. The number of carbonyl (C=O) groups is 1. The van der Waals surface area contributed by atoms with E-state index >= 15 is 0 Å². The second kappa shape index (κ2) is 7.13. The van der Waals surface area contributed by atoms with Gasteiger partial charge in [-0.3, -0.25) is 4.98 Å². The number of thioether (sulfide) groups is 1. The smallest absolute Gasteiger partial charge is 0.407 e. The molecule has 1 aromatic heterocycles. The first-order chi connectivity index (χ1) is 9.57. The number of alkyl carbamates (subject to hydrolysis) is 1. The highest BCUT2D eigenvalue weighted by molar-refractivity contribution is 7.99. The average Bonchev–Trinajstić information content (AvgIpc) is 2.32. The van der Waals surface area contributed by atoms with Gasteiger partial charge in [0.2, 0.25) is 0 Å². The van der Waals surface area contributed by atoms with Gasteiger partial charge in [0.05, 0.1) is 17.8 Å². The number of hydrogen-bond donors (Lipinski definition) is 2. The van der Waals surface area contributed by atoms with E-state index in [-0.39, 0.29) is 0 Å². The monoisotopic (exact) mass is 312 g/mol. The second-order valence-electron chi connectivity index (χ2n) is 6.40. The lowest BCUT2D eigenvalue weighted by Crippen LogP contribution is -2.32. The molecule has 1 rings (SSSR count). The Morgan fingerprint density at radius 2 is 2.05 bits per heavy atom. The zero-order chi connectivity index (χ0) is 16.1. The molecule has 0 aliphatic heterocycles. The molecule has 0 saturated heterocycles. The molecule has 0 radical (unpaired) electrons. The van der Waals surface area contributed by atoms with Crippen LogP contribution in [0.15, 0.2) is 23.2 Å². The Labute approximate surface area is 130 Å². The Morgan fingerprint density at radius 3 is 2.62 bits per heavy atom. The molecular weight excluding hydrogens is 288 g/mol. The Balaban J connectivity index is 2.61. The molecule has 0 aliphatic carbocycles. The first-order valence-electron chi connectivity index (χ1n) is 6.83. The van der Waals surface area contributed by atoms with Gasteiger partial charge in [-0.15, -0.1) is 11.8 Å². The summed E-state index contributed by atoms with van der Waals surface area (Å²) in [4.78, 5) is 16.9. The highest BCUT2D eigenvalue weighted by Gasteiger charge is 2.17. The highest BCUT2D eigenvalue weighted by Crippen LogP contribution is 2.24. The van der Waals surface area contributed by atoms with E-state index in [9.17, 15) is 9.90 Å². The van der Waals surface area contributed by atoms with Gasteiger partial charge in [0.1, 0.15) is 5.60 Å². The summed E-state index contributed by atoms with van der Waals surface area (Å²) in [6, 6.07) is 3.76. The molecule has 0 aromatic carbocycles. The molecule has 0 saturated carbocycles. The maximum absolute atomic E-state index is 11.7. The summed E-state index contributed by atoms with van der Waals surface area (Å²) < 4.78 is 5.19. The highest BCUT2D eigenvalue weighted by atomic mass is 32.2. The van der Waals surface area contributed by atoms with Crippen LogP contribution in [0, 0.1) is 0 Å². The zero-order valence-corrected chi connectivity index (χ0v) is 14.1. The number of ether oxygens (including phenoxy) is 1. The fourth-order valence-electron chi connectivity index (χ4n) is 1.41. The van der Waals surface area contributed by atoms with Crippen molar-refractivity contribution in [1.29, 1.82) is 0 Å². The third kappa shape index (κ3) is 7.92. The quantitative estimate of drug-likeness (QED) is 0.818. The molecule has 2 N–H and O–H groups in total. The number of pyridine rings is 1. The molecule has 0 fully saturated rings. The van der Waals surface area contributed by atoms with Crippen LogP contribution in [0.3, 0.4) is 0 Å². The zero-order valence-electron chi connectivity index (χ0n) is 13.3. The fraction of sp³-hybridized carbons (Fsp3) is 0.600. The lowest BCUT2D eigenvalue weighted by molar-refractivity contribution is 0.0522. The number of aliphatic hydroxyl groups is 1. The number of amides is 1. The molecule has 1 heterocycles. The molecule has 0 atom stereocenters. The van der Waals surface area contributed by atoms with Crippen LogP contribution in [0.5, 0.6) is 0 Å². The summed E-state index contributed by atoms with van der Waals surface area (Å²) >= 11 is 1.51. The van der Waals surface area contributed by atoms with Crippen LogP contribution in [0.1, 0.15) is 40.3 Å². The number of carbonyl (C=O) groups excluding carboxylic acids is 1. The minimum Gasteiger partial charge on any atom is -0.444 e. The maximum atomic E-state index is 11.7. The fourth-order valence-corrected chi connectivity index (χ4v) is 2.39. The second-order valence-corrected chi connectivity index (χ2v) is 7.42. The van der Waals surface area contributed by atoms with Crippen LogP contribution in [-0.4, -0.2) is 33.1 Å². The number of hydrogen-bond acceptors (Lipinski definition) is 5. The summed E-state index contributed by atoms with van der Waals surface area (Å²) in [5, 5.41) is 12.5. The summed E-state index contributed by atoms with van der Waals surface area (Å²) in [5.41, 5.74) is -0.513. The van der Waals surface area contributed by atoms with Crippen LogP contribution >= 0.6 is 11.8 Å². The van der Waals surface area contributed by atoms with Crippen molar-refractivity contribution in [2.45, 2.75) is 57.3 Å². The van der Waals surface area contributed by atoms with Gasteiger partial charge in [-0.05, 0) is 46.8 Å². The SMILES string of the molecule is CC(C)(O)CSc1cccnc1CNC(=O)OC(C)(C)C. The van der Waals surface area contributed by atoms with Crippen molar-refractivity contribution in [2.75, 3.05) is 5.75 Å². The molecule has 0 spiro atoms. The number of aromatic nitrogens is 1. The molecule has 0 aliphatic rings. The number of nitrogens with zero attached hydrogens (tertiary/aromatic N) is 1. The minimum absolute atomic E-state index is 0.296. The van der Waals surface area contributed by atoms with E-state index in [2.05, 4.69) is 10.3 Å². The van der Waals surface area contributed by atoms with Gasteiger partial charge in [-0.1, -0.05) is 0 Å². The number of nitrogens with one attached hydrogen (secondary N) is 1. The molecule has 1 aromatic rings. The Hall–Kier alpha value is -1.27. The van der Waals surface area contributed by atoms with E-state index in [1.54, 1.807) is 20.0 Å². The standard InChI is InChI=1S/C15H24N2O3S/c1-14(2,3)20-13(18)17-9-11-12(7-6-8-16-11)21-10-15(4,5)19/h6-8,19H,9-10H2,1-5H3,(H,17,18). The summed E-state index contributed by atoms with van der Waals surface area (Å²) in [5.74, 6) is 0.554. The Bertz CT molecular complexity index is 479. The van der Waals surface area contributed by atoms with E-state index < -0.39 is 17.3 Å². The van der Waals surface area contributed by atoms with E-state index in [0.717, 1.165) is 10.6 Å². The first-order valence-corrected chi connectivity index (χ1v) is 7.81. The van der Waals surface area contributed by atoms with Crippen molar-refractivity contribution in [3.63, 3.8) is 0 Å². The van der Waals surface area contributed by atoms with E-state index in [0.29, 0.717) is 12.3 Å². The number of rotatable bonds is 5. The lowest BCUT2D eigenvalue weighted by atomic mass is 10.2. The van der Waals surface area contributed by atoms with Crippen LogP contribution < -0.4 is 5.32 Å². The van der Waals surface area contributed by atoms with Gasteiger partial charge in [-0.2, -0.15) is 0 Å². The molecule has 5 nitrogen and oxygen atoms in total. The minimum atomic E-state index is -0.754.